The molecule has 216 valence electrons. The summed E-state index contributed by atoms with van der Waals surface area (Å²) in [5, 5.41) is 0.198. The van der Waals surface area contributed by atoms with Crippen LogP contribution in [0, 0.1) is 17.5 Å². The summed E-state index contributed by atoms with van der Waals surface area (Å²) in [6, 6.07) is 11.1. The maximum absolute atomic E-state index is 14.4. The molecule has 0 saturated carbocycles. The third-order valence-electron chi connectivity index (χ3n) is 8.20. The number of thiophene rings is 1. The number of carbonyl (C=O) groups excluding carboxylic acids is 1. The highest BCUT2D eigenvalue weighted by Crippen LogP contribution is 2.38. The van der Waals surface area contributed by atoms with Crippen LogP contribution in [-0.2, 0) is 4.79 Å². The van der Waals surface area contributed by atoms with Crippen molar-refractivity contribution in [2.24, 2.45) is 0 Å². The lowest BCUT2D eigenvalue weighted by Crippen LogP contribution is -2.56. The van der Waals surface area contributed by atoms with E-state index in [0.29, 0.717) is 47.8 Å². The normalized spacial score (nSPS) is 19.4. The van der Waals surface area contributed by atoms with E-state index in [0.717, 1.165) is 41.7 Å². The molecule has 11 heteroatoms. The Labute approximate surface area is 246 Å². The highest BCUT2D eigenvalue weighted by atomic mass is 32.1. The van der Waals surface area contributed by atoms with Crippen molar-refractivity contribution in [1.82, 2.24) is 19.8 Å². The van der Waals surface area contributed by atoms with Crippen LogP contribution < -0.4 is 9.64 Å². The van der Waals surface area contributed by atoms with E-state index in [9.17, 15) is 13.6 Å². The van der Waals surface area contributed by atoms with Gasteiger partial charge in [0.2, 0.25) is 17.6 Å². The zero-order valence-electron chi connectivity index (χ0n) is 23.2. The second kappa shape index (κ2) is 11.6. The van der Waals surface area contributed by atoms with Crippen LogP contribution in [0.5, 0.6) is 6.01 Å². The Morgan fingerprint density at radius 3 is 2.81 bits per heavy atom. The standard InChI is InChI=1S/C31H30F2N6O2S/c1-4-26(40)39-14-13-38(17-21(39)16-34-2)30-23-11-10-19(22-8-5-9-24-27(32)29(33)42-28(22)24)15-25(23)35-31(36-30)41-18-20-7-6-12-37(20)3/h4-5,8-11,15,20-21H,1,6-7,12-14,16-18H2,3H3/t20-,21-/m0/s1. The van der Waals surface area contributed by atoms with E-state index in [1.807, 2.05) is 24.3 Å². The van der Waals surface area contributed by atoms with Crippen molar-refractivity contribution in [3.05, 3.63) is 71.4 Å². The molecule has 6 rings (SSSR count). The van der Waals surface area contributed by atoms with E-state index in [-0.39, 0.29) is 35.9 Å². The molecule has 2 aliphatic heterocycles. The number of likely N-dealkylation sites (N-methyl/N-ethyl adjacent to an activating group) is 1. The number of likely N-dealkylation sites (tertiary alicyclic amines) is 1. The molecule has 8 nitrogen and oxygen atoms in total. The molecular weight excluding hydrogens is 558 g/mol. The van der Waals surface area contributed by atoms with Crippen LogP contribution >= 0.6 is 11.3 Å². The Balaban J connectivity index is 1.41. The number of rotatable bonds is 7. The zero-order chi connectivity index (χ0) is 29.4. The Hall–Kier alpha value is -4.14. The molecule has 2 aromatic carbocycles. The quantitative estimate of drug-likeness (QED) is 0.213. The number of nitrogens with zero attached hydrogens (tertiary/aromatic N) is 6. The molecule has 1 amide bonds. The number of fused-ring (bicyclic) bond motifs is 2. The Kier molecular flexibility index (Phi) is 7.75. The SMILES string of the molecule is [C-]#[N+]C[C@H]1CN(c2nc(OC[C@@H]3CCCN3C)nc3cc(-c4cccc5c(F)c(F)sc45)ccc23)CCN1C(=O)C=C. The Morgan fingerprint density at radius 2 is 2.05 bits per heavy atom. The number of hydrogen-bond acceptors (Lipinski definition) is 7. The maximum atomic E-state index is 14.4. The van der Waals surface area contributed by atoms with Crippen molar-refractivity contribution >= 4 is 44.1 Å². The minimum atomic E-state index is -0.835. The lowest BCUT2D eigenvalue weighted by Gasteiger charge is -2.39. The molecule has 2 atom stereocenters. The van der Waals surface area contributed by atoms with Gasteiger partial charge in [-0.3, -0.25) is 4.79 Å². The van der Waals surface area contributed by atoms with Crippen LogP contribution in [0.4, 0.5) is 14.6 Å². The monoisotopic (exact) mass is 588 g/mol. The van der Waals surface area contributed by atoms with Crippen molar-refractivity contribution in [3.8, 4) is 17.1 Å². The van der Waals surface area contributed by atoms with Gasteiger partial charge in [0, 0.05) is 41.1 Å². The third-order valence-corrected chi connectivity index (χ3v) is 9.20. The molecule has 0 aliphatic carbocycles. The van der Waals surface area contributed by atoms with E-state index in [2.05, 4.69) is 28.3 Å². The van der Waals surface area contributed by atoms with Gasteiger partial charge in [0.05, 0.1) is 5.52 Å². The molecule has 4 heterocycles. The lowest BCUT2D eigenvalue weighted by atomic mass is 10.0. The third kappa shape index (κ3) is 5.16. The molecule has 2 fully saturated rings. The van der Waals surface area contributed by atoms with Gasteiger partial charge in [0.25, 0.3) is 0 Å². The average Bonchev–Trinajstić information content (AvgIpc) is 3.55. The van der Waals surface area contributed by atoms with Gasteiger partial charge in [-0.25, -0.2) is 11.0 Å². The molecule has 0 spiro atoms. The summed E-state index contributed by atoms with van der Waals surface area (Å²) in [7, 11) is 2.08. The fourth-order valence-electron chi connectivity index (χ4n) is 5.93. The number of piperazine rings is 1. The number of benzene rings is 2. The lowest BCUT2D eigenvalue weighted by molar-refractivity contribution is -0.128. The van der Waals surface area contributed by atoms with Gasteiger partial charge in [0.1, 0.15) is 18.5 Å². The summed E-state index contributed by atoms with van der Waals surface area (Å²) in [5.74, 6) is -0.368. The second-order valence-electron chi connectivity index (χ2n) is 10.7. The first-order valence-electron chi connectivity index (χ1n) is 13.9. The molecule has 0 N–H and O–H groups in total. The summed E-state index contributed by atoms with van der Waals surface area (Å²) >= 11 is 0.791. The summed E-state index contributed by atoms with van der Waals surface area (Å²) < 4.78 is 35.3. The predicted octanol–water partition coefficient (Wildman–Crippen LogP) is 5.39. The minimum Gasteiger partial charge on any atom is -0.462 e. The summed E-state index contributed by atoms with van der Waals surface area (Å²) in [4.78, 5) is 31.7. The highest BCUT2D eigenvalue weighted by molar-refractivity contribution is 7.18. The van der Waals surface area contributed by atoms with Crippen LogP contribution in [0.1, 0.15) is 12.8 Å². The smallest absolute Gasteiger partial charge is 0.319 e. The van der Waals surface area contributed by atoms with E-state index >= 15 is 0 Å². The first-order chi connectivity index (χ1) is 20.4. The predicted molar refractivity (Wildman–Crippen MR) is 161 cm³/mol. The number of hydrogen-bond donors (Lipinski definition) is 0. The zero-order valence-corrected chi connectivity index (χ0v) is 24.0. The van der Waals surface area contributed by atoms with E-state index < -0.39 is 10.9 Å². The molecule has 42 heavy (non-hydrogen) atoms. The number of carbonyl (C=O) groups is 1. The van der Waals surface area contributed by atoms with E-state index in [4.69, 9.17) is 21.3 Å². The summed E-state index contributed by atoms with van der Waals surface area (Å²) in [5.41, 5.74) is 2.12. The number of ether oxygens (including phenoxy) is 1. The number of halogens is 2. The van der Waals surface area contributed by atoms with E-state index in [1.165, 1.54) is 6.08 Å². The Morgan fingerprint density at radius 1 is 1.19 bits per heavy atom. The summed E-state index contributed by atoms with van der Waals surface area (Å²) in [6.45, 7) is 14.1. The summed E-state index contributed by atoms with van der Waals surface area (Å²) in [6.07, 6.45) is 3.44. The van der Waals surface area contributed by atoms with Gasteiger partial charge < -0.3 is 24.3 Å². The van der Waals surface area contributed by atoms with Crippen LogP contribution in [0.3, 0.4) is 0 Å². The molecular formula is C31H30F2N6O2S. The van der Waals surface area contributed by atoms with Gasteiger partial charge in [-0.2, -0.15) is 14.4 Å². The van der Waals surface area contributed by atoms with Gasteiger partial charge in [-0.05, 0) is 55.8 Å². The minimum absolute atomic E-state index is 0.165. The van der Waals surface area contributed by atoms with Gasteiger partial charge >= 0.3 is 6.01 Å². The van der Waals surface area contributed by atoms with Gasteiger partial charge in [-0.1, -0.05) is 30.8 Å². The van der Waals surface area contributed by atoms with Crippen molar-refractivity contribution in [2.45, 2.75) is 24.9 Å². The molecule has 2 aromatic heterocycles. The largest absolute Gasteiger partial charge is 0.462 e. The van der Waals surface area contributed by atoms with Crippen molar-refractivity contribution < 1.29 is 18.3 Å². The Bertz CT molecular complexity index is 1720. The van der Waals surface area contributed by atoms with Crippen molar-refractivity contribution in [3.63, 3.8) is 0 Å². The average molecular weight is 589 g/mol. The van der Waals surface area contributed by atoms with Gasteiger partial charge in [0.15, 0.2) is 5.82 Å². The number of anilines is 1. The molecule has 0 radical (unpaired) electrons. The number of amides is 1. The maximum Gasteiger partial charge on any atom is 0.319 e. The topological polar surface area (TPSA) is 66.2 Å². The van der Waals surface area contributed by atoms with Crippen LogP contribution in [0.25, 0.3) is 37.0 Å². The molecule has 2 saturated heterocycles. The molecule has 0 bridgehead atoms. The van der Waals surface area contributed by atoms with Crippen LogP contribution in [-0.4, -0.2) is 84.1 Å². The first-order valence-corrected chi connectivity index (χ1v) is 14.7. The molecule has 0 unspecified atom stereocenters. The van der Waals surface area contributed by atoms with Crippen molar-refractivity contribution in [2.75, 3.05) is 51.3 Å². The van der Waals surface area contributed by atoms with Gasteiger partial charge in [-0.15, -0.1) is 11.3 Å². The molecule has 4 aromatic rings. The number of aromatic nitrogens is 2. The molecule has 2 aliphatic rings. The van der Waals surface area contributed by atoms with Crippen LogP contribution in [0.2, 0.25) is 0 Å². The van der Waals surface area contributed by atoms with Crippen LogP contribution in [0.15, 0.2) is 49.1 Å². The van der Waals surface area contributed by atoms with Crippen molar-refractivity contribution in [1.29, 1.82) is 0 Å². The second-order valence-corrected chi connectivity index (χ2v) is 11.7. The van der Waals surface area contributed by atoms with E-state index in [1.54, 1.807) is 17.0 Å². The fraction of sp³-hybridized carbons (Fsp3) is 0.355. The first kappa shape index (κ1) is 28.0. The fourth-order valence-corrected chi connectivity index (χ4v) is 6.87. The highest BCUT2D eigenvalue weighted by Gasteiger charge is 2.33.